The molecule has 170 valence electrons. The number of alkyl carbamates (subject to hydrolysis) is 1. The first kappa shape index (κ1) is 23.3. The molecule has 1 heterocycles. The second-order valence-corrected chi connectivity index (χ2v) is 8.93. The van der Waals surface area contributed by atoms with Crippen LogP contribution in [0.1, 0.15) is 46.6 Å². The SMILES string of the molecule is CC[C@@H](C)[C@@H](NC(=O)OC(C)(C)C)C(=O)Oc1ccc2c(oc(=O)c3ccccc32)c1C. The summed E-state index contributed by atoms with van der Waals surface area (Å²) < 4.78 is 16.5. The van der Waals surface area contributed by atoms with E-state index < -0.39 is 29.3 Å². The lowest BCUT2D eigenvalue weighted by molar-refractivity contribution is -0.138. The van der Waals surface area contributed by atoms with Gasteiger partial charge in [-0.1, -0.05) is 38.5 Å². The van der Waals surface area contributed by atoms with Crippen LogP contribution in [0.15, 0.2) is 45.6 Å². The molecule has 3 rings (SSSR count). The maximum absolute atomic E-state index is 13.0. The summed E-state index contributed by atoms with van der Waals surface area (Å²) in [4.78, 5) is 37.7. The molecule has 0 aliphatic carbocycles. The van der Waals surface area contributed by atoms with E-state index in [4.69, 9.17) is 13.9 Å². The highest BCUT2D eigenvalue weighted by atomic mass is 16.6. The zero-order valence-corrected chi connectivity index (χ0v) is 19.3. The number of carbonyl (C=O) groups is 2. The van der Waals surface area contributed by atoms with Gasteiger partial charge in [-0.3, -0.25) is 0 Å². The van der Waals surface area contributed by atoms with Gasteiger partial charge in [-0.15, -0.1) is 0 Å². The molecule has 1 N–H and O–H groups in total. The van der Waals surface area contributed by atoms with Crippen molar-refractivity contribution in [1.29, 1.82) is 0 Å². The van der Waals surface area contributed by atoms with E-state index in [1.54, 1.807) is 52.0 Å². The van der Waals surface area contributed by atoms with Crippen molar-refractivity contribution >= 4 is 33.8 Å². The van der Waals surface area contributed by atoms with Gasteiger partial charge in [0.15, 0.2) is 0 Å². The van der Waals surface area contributed by atoms with Crippen LogP contribution in [0.2, 0.25) is 0 Å². The van der Waals surface area contributed by atoms with E-state index in [0.717, 1.165) is 10.8 Å². The smallest absolute Gasteiger partial charge is 0.408 e. The number of hydrogen-bond acceptors (Lipinski definition) is 6. The van der Waals surface area contributed by atoms with Gasteiger partial charge in [-0.2, -0.15) is 0 Å². The number of esters is 1. The van der Waals surface area contributed by atoms with Crippen LogP contribution in [-0.2, 0) is 9.53 Å². The number of carbonyl (C=O) groups excluding carboxylic acids is 2. The molecule has 0 spiro atoms. The summed E-state index contributed by atoms with van der Waals surface area (Å²) in [6.07, 6.45) is -0.0416. The van der Waals surface area contributed by atoms with Crippen LogP contribution in [0.5, 0.6) is 5.75 Å². The van der Waals surface area contributed by atoms with Gasteiger partial charge in [0.05, 0.1) is 5.39 Å². The van der Waals surface area contributed by atoms with Crippen LogP contribution in [0.25, 0.3) is 21.7 Å². The summed E-state index contributed by atoms with van der Waals surface area (Å²) in [5.74, 6) is -0.534. The van der Waals surface area contributed by atoms with Crippen molar-refractivity contribution in [2.75, 3.05) is 0 Å². The van der Waals surface area contributed by atoms with E-state index in [2.05, 4.69) is 5.32 Å². The molecule has 2 atom stereocenters. The molecular weight excluding hydrogens is 410 g/mol. The third-order valence-corrected chi connectivity index (χ3v) is 5.34. The Morgan fingerprint density at radius 1 is 1.06 bits per heavy atom. The fraction of sp³-hybridized carbons (Fsp3) is 0.400. The molecule has 0 aliphatic heterocycles. The molecule has 2 aromatic carbocycles. The Morgan fingerprint density at radius 3 is 2.34 bits per heavy atom. The molecule has 0 bridgehead atoms. The first-order valence-electron chi connectivity index (χ1n) is 10.7. The maximum Gasteiger partial charge on any atom is 0.408 e. The predicted molar refractivity (Wildman–Crippen MR) is 123 cm³/mol. The second-order valence-electron chi connectivity index (χ2n) is 8.93. The molecule has 7 heteroatoms. The number of amides is 1. The minimum Gasteiger partial charge on any atom is -0.444 e. The van der Waals surface area contributed by atoms with Crippen LogP contribution in [-0.4, -0.2) is 23.7 Å². The molecule has 0 radical (unpaired) electrons. The Hall–Kier alpha value is -3.35. The topological polar surface area (TPSA) is 94.8 Å². The number of nitrogens with one attached hydrogen (secondary N) is 1. The Morgan fingerprint density at radius 2 is 1.72 bits per heavy atom. The lowest BCUT2D eigenvalue weighted by atomic mass is 9.99. The average Bonchev–Trinajstić information content (AvgIpc) is 2.73. The number of hydrogen-bond donors (Lipinski definition) is 1. The average molecular weight is 440 g/mol. The molecule has 7 nitrogen and oxygen atoms in total. The number of ether oxygens (including phenoxy) is 2. The second kappa shape index (κ2) is 9.02. The Bertz CT molecular complexity index is 1220. The minimum absolute atomic E-state index is 0.183. The highest BCUT2D eigenvalue weighted by Gasteiger charge is 2.30. The summed E-state index contributed by atoms with van der Waals surface area (Å²) >= 11 is 0. The first-order chi connectivity index (χ1) is 15.0. The lowest BCUT2D eigenvalue weighted by Gasteiger charge is -2.25. The molecule has 0 aliphatic rings. The molecule has 3 aromatic rings. The van der Waals surface area contributed by atoms with E-state index in [1.807, 2.05) is 26.0 Å². The van der Waals surface area contributed by atoms with Crippen LogP contribution < -0.4 is 15.7 Å². The zero-order chi connectivity index (χ0) is 23.6. The highest BCUT2D eigenvalue weighted by molar-refractivity contribution is 6.05. The van der Waals surface area contributed by atoms with Gasteiger partial charge in [0.2, 0.25) is 0 Å². The van der Waals surface area contributed by atoms with Crippen LogP contribution >= 0.6 is 0 Å². The van der Waals surface area contributed by atoms with Crippen molar-refractivity contribution in [3.8, 4) is 5.75 Å². The van der Waals surface area contributed by atoms with E-state index in [1.165, 1.54) is 0 Å². The van der Waals surface area contributed by atoms with Crippen molar-refractivity contribution in [2.45, 2.75) is 59.6 Å². The molecular formula is C25H29NO6. The summed E-state index contributed by atoms with van der Waals surface area (Å²) in [5.41, 5.74) is -0.259. The van der Waals surface area contributed by atoms with Gasteiger partial charge in [-0.05, 0) is 57.2 Å². The van der Waals surface area contributed by atoms with Gasteiger partial charge >= 0.3 is 17.7 Å². The van der Waals surface area contributed by atoms with Gasteiger partial charge < -0.3 is 19.2 Å². The molecule has 0 unspecified atom stereocenters. The number of aryl methyl sites for hydroxylation is 1. The fourth-order valence-corrected chi connectivity index (χ4v) is 3.45. The highest BCUT2D eigenvalue weighted by Crippen LogP contribution is 2.31. The normalized spacial score (nSPS) is 13.6. The van der Waals surface area contributed by atoms with Gasteiger partial charge in [0.1, 0.15) is 23.0 Å². The molecule has 0 saturated heterocycles. The zero-order valence-electron chi connectivity index (χ0n) is 19.3. The maximum atomic E-state index is 13.0. The van der Waals surface area contributed by atoms with Crippen LogP contribution in [0.3, 0.4) is 0 Å². The third-order valence-electron chi connectivity index (χ3n) is 5.34. The van der Waals surface area contributed by atoms with E-state index >= 15 is 0 Å². The molecule has 0 fully saturated rings. The standard InChI is InChI=1S/C25H29NO6/c1-7-14(2)20(26-24(29)32-25(4,5)6)23(28)30-19-13-12-17-16-10-8-9-11-18(16)22(27)31-21(17)15(19)3/h8-14,20H,7H2,1-6H3,(H,26,29)/t14-,20-/m1/s1. The largest absolute Gasteiger partial charge is 0.444 e. The first-order valence-corrected chi connectivity index (χ1v) is 10.7. The molecule has 1 aromatic heterocycles. The van der Waals surface area contributed by atoms with Crippen molar-refractivity contribution in [3.05, 3.63) is 52.4 Å². The lowest BCUT2D eigenvalue weighted by Crippen LogP contribution is -2.48. The molecule has 0 saturated carbocycles. The van der Waals surface area contributed by atoms with Crippen LogP contribution in [0.4, 0.5) is 4.79 Å². The van der Waals surface area contributed by atoms with Crippen molar-refractivity contribution < 1.29 is 23.5 Å². The summed E-state index contributed by atoms with van der Waals surface area (Å²) in [6, 6.07) is 9.73. The Balaban J connectivity index is 1.93. The Labute approximate surface area is 186 Å². The van der Waals surface area contributed by atoms with Crippen LogP contribution in [0, 0.1) is 12.8 Å². The number of fused-ring (bicyclic) bond motifs is 3. The molecule has 32 heavy (non-hydrogen) atoms. The van der Waals surface area contributed by atoms with Gasteiger partial charge in [0.25, 0.3) is 0 Å². The summed E-state index contributed by atoms with van der Waals surface area (Å²) in [5, 5.41) is 4.63. The summed E-state index contributed by atoms with van der Waals surface area (Å²) in [6.45, 7) is 10.7. The van der Waals surface area contributed by atoms with Gasteiger partial charge in [-0.25, -0.2) is 14.4 Å². The predicted octanol–water partition coefficient (Wildman–Crippen LogP) is 5.10. The number of rotatable bonds is 5. The third kappa shape index (κ3) is 4.93. The quantitative estimate of drug-likeness (QED) is 0.257. The van der Waals surface area contributed by atoms with E-state index in [-0.39, 0.29) is 11.7 Å². The molecule has 1 amide bonds. The summed E-state index contributed by atoms with van der Waals surface area (Å²) in [7, 11) is 0. The van der Waals surface area contributed by atoms with Crippen molar-refractivity contribution in [2.24, 2.45) is 5.92 Å². The van der Waals surface area contributed by atoms with Crippen molar-refractivity contribution in [3.63, 3.8) is 0 Å². The minimum atomic E-state index is -0.895. The van der Waals surface area contributed by atoms with E-state index in [9.17, 15) is 14.4 Å². The number of benzene rings is 2. The Kier molecular flexibility index (Phi) is 6.57. The van der Waals surface area contributed by atoms with Gasteiger partial charge in [0, 0.05) is 10.9 Å². The van der Waals surface area contributed by atoms with E-state index in [0.29, 0.717) is 23.0 Å². The van der Waals surface area contributed by atoms with Crippen molar-refractivity contribution in [1.82, 2.24) is 5.32 Å². The fourth-order valence-electron chi connectivity index (χ4n) is 3.45. The monoisotopic (exact) mass is 439 g/mol.